The van der Waals surface area contributed by atoms with Gasteiger partial charge in [-0.2, -0.15) is 0 Å². The number of nitrogens with one attached hydrogen (secondary N) is 1. The number of nitrogens with zero attached hydrogens (tertiary/aromatic N) is 1. The normalized spacial score (nSPS) is 15.9. The molecule has 27 heavy (non-hydrogen) atoms. The van der Waals surface area contributed by atoms with Crippen molar-refractivity contribution in [3.63, 3.8) is 0 Å². The number of rotatable bonds is 6. The van der Waals surface area contributed by atoms with Gasteiger partial charge in [0.25, 0.3) is 5.91 Å². The number of hydrogen-bond donors (Lipinski definition) is 1. The summed E-state index contributed by atoms with van der Waals surface area (Å²) in [5.74, 6) is -0.692. The molecule has 0 aromatic heterocycles. The summed E-state index contributed by atoms with van der Waals surface area (Å²) in [5.41, 5.74) is 1.44. The third kappa shape index (κ3) is 6.27. The van der Waals surface area contributed by atoms with Gasteiger partial charge in [0, 0.05) is 24.7 Å². The van der Waals surface area contributed by atoms with Crippen molar-refractivity contribution < 1.29 is 23.9 Å². The van der Waals surface area contributed by atoms with E-state index in [1.54, 1.807) is 25.7 Å². The number of esters is 1. The minimum absolute atomic E-state index is 0.0478. The molecular weight excluding hydrogens is 348 g/mol. The second-order valence-corrected chi connectivity index (χ2v) is 7.64. The van der Waals surface area contributed by atoms with E-state index in [4.69, 9.17) is 9.47 Å². The maximum absolute atomic E-state index is 12.5. The zero-order valence-electron chi connectivity index (χ0n) is 16.4. The molecule has 1 aromatic rings. The summed E-state index contributed by atoms with van der Waals surface area (Å²) in [5, 5.41) is 2.58. The number of ether oxygens (including phenoxy) is 2. The van der Waals surface area contributed by atoms with E-state index in [9.17, 15) is 14.4 Å². The van der Waals surface area contributed by atoms with Crippen LogP contribution < -0.4 is 10.2 Å². The molecule has 7 heteroatoms. The SMILES string of the molecule is C[C@H]1Cc2ccccc2N1C(=O)COC(=O)CCCNC(=O)OC(C)(C)C. The van der Waals surface area contributed by atoms with Gasteiger partial charge in [0.15, 0.2) is 6.61 Å². The smallest absolute Gasteiger partial charge is 0.407 e. The lowest BCUT2D eigenvalue weighted by Gasteiger charge is -2.22. The Morgan fingerprint density at radius 1 is 1.22 bits per heavy atom. The van der Waals surface area contributed by atoms with E-state index in [1.165, 1.54) is 0 Å². The van der Waals surface area contributed by atoms with Crippen LogP contribution in [0.25, 0.3) is 0 Å². The molecule has 2 rings (SSSR count). The summed E-state index contributed by atoms with van der Waals surface area (Å²) in [7, 11) is 0. The minimum Gasteiger partial charge on any atom is -0.456 e. The molecule has 2 amide bonds. The summed E-state index contributed by atoms with van der Waals surface area (Å²) < 4.78 is 10.2. The zero-order valence-corrected chi connectivity index (χ0v) is 16.4. The molecule has 1 N–H and O–H groups in total. The zero-order chi connectivity index (χ0) is 20.0. The minimum atomic E-state index is -0.561. The number of fused-ring (bicyclic) bond motifs is 1. The highest BCUT2D eigenvalue weighted by Gasteiger charge is 2.30. The highest BCUT2D eigenvalue weighted by molar-refractivity contribution is 5.97. The largest absolute Gasteiger partial charge is 0.456 e. The van der Waals surface area contributed by atoms with Gasteiger partial charge < -0.3 is 19.7 Å². The second kappa shape index (κ2) is 8.88. The quantitative estimate of drug-likeness (QED) is 0.610. The van der Waals surface area contributed by atoms with Crippen LogP contribution in [0.2, 0.25) is 0 Å². The van der Waals surface area contributed by atoms with Crippen LogP contribution in [0.3, 0.4) is 0 Å². The lowest BCUT2D eigenvalue weighted by Crippen LogP contribution is -2.38. The van der Waals surface area contributed by atoms with E-state index in [-0.39, 0.29) is 25.0 Å². The number of carbonyl (C=O) groups is 3. The van der Waals surface area contributed by atoms with Gasteiger partial charge in [-0.3, -0.25) is 9.59 Å². The van der Waals surface area contributed by atoms with Crippen LogP contribution in [0.15, 0.2) is 24.3 Å². The van der Waals surface area contributed by atoms with Crippen molar-refractivity contribution >= 4 is 23.7 Å². The highest BCUT2D eigenvalue weighted by Crippen LogP contribution is 2.31. The van der Waals surface area contributed by atoms with Crippen LogP contribution >= 0.6 is 0 Å². The third-order valence-electron chi connectivity index (χ3n) is 4.06. The van der Waals surface area contributed by atoms with Gasteiger partial charge in [-0.25, -0.2) is 4.79 Å². The Labute approximate surface area is 160 Å². The molecule has 148 valence electrons. The molecule has 7 nitrogen and oxygen atoms in total. The first-order valence-corrected chi connectivity index (χ1v) is 9.20. The van der Waals surface area contributed by atoms with Crippen molar-refractivity contribution in [3.05, 3.63) is 29.8 Å². The molecule has 0 fully saturated rings. The van der Waals surface area contributed by atoms with Crippen LogP contribution in [-0.2, 0) is 25.5 Å². The average molecular weight is 376 g/mol. The summed E-state index contributed by atoms with van der Waals surface area (Å²) >= 11 is 0. The fourth-order valence-corrected chi connectivity index (χ4v) is 2.97. The van der Waals surface area contributed by atoms with Gasteiger partial charge in [-0.05, 0) is 52.2 Å². The standard InChI is InChI=1S/C20H28N2O5/c1-14-12-15-8-5-6-9-16(15)22(14)17(23)13-26-18(24)10-7-11-21-19(25)27-20(2,3)4/h5-6,8-9,14H,7,10-13H2,1-4H3,(H,21,25)/t14-/m0/s1. The van der Waals surface area contributed by atoms with E-state index >= 15 is 0 Å². The lowest BCUT2D eigenvalue weighted by atomic mass is 10.1. The van der Waals surface area contributed by atoms with Gasteiger partial charge in [-0.1, -0.05) is 18.2 Å². The summed E-state index contributed by atoms with van der Waals surface area (Å²) in [4.78, 5) is 37.5. The van der Waals surface area contributed by atoms with Gasteiger partial charge >= 0.3 is 12.1 Å². The van der Waals surface area contributed by atoms with Crippen molar-refractivity contribution in [2.24, 2.45) is 0 Å². The fraction of sp³-hybridized carbons (Fsp3) is 0.550. The van der Waals surface area contributed by atoms with E-state index in [0.717, 1.165) is 17.7 Å². The Kier molecular flexibility index (Phi) is 6.82. The van der Waals surface area contributed by atoms with Crippen molar-refractivity contribution in [1.82, 2.24) is 5.32 Å². The Morgan fingerprint density at radius 2 is 1.93 bits per heavy atom. The summed E-state index contributed by atoms with van der Waals surface area (Å²) in [6.07, 6.45) is 0.809. The molecule has 0 saturated heterocycles. The molecule has 0 radical (unpaired) electrons. The van der Waals surface area contributed by atoms with E-state index in [2.05, 4.69) is 5.32 Å². The van der Waals surface area contributed by atoms with Gasteiger partial charge in [0.2, 0.25) is 0 Å². The van der Waals surface area contributed by atoms with Gasteiger partial charge in [-0.15, -0.1) is 0 Å². The summed E-state index contributed by atoms with van der Waals surface area (Å²) in [6, 6.07) is 7.79. The molecule has 1 aromatic carbocycles. The first-order chi connectivity index (χ1) is 12.7. The lowest BCUT2D eigenvalue weighted by molar-refractivity contribution is -0.148. The first kappa shape index (κ1) is 20.7. The van der Waals surface area contributed by atoms with Crippen LogP contribution in [0.4, 0.5) is 10.5 Å². The molecule has 1 atom stereocenters. The highest BCUT2D eigenvalue weighted by atomic mass is 16.6. The van der Waals surface area contributed by atoms with Crippen molar-refractivity contribution in [1.29, 1.82) is 0 Å². The van der Waals surface area contributed by atoms with Gasteiger partial charge in [0.05, 0.1) is 0 Å². The topological polar surface area (TPSA) is 84.9 Å². The number of anilines is 1. The van der Waals surface area contributed by atoms with Crippen LogP contribution in [0.5, 0.6) is 0 Å². The number of carbonyl (C=O) groups excluding carboxylic acids is 3. The van der Waals surface area contributed by atoms with E-state index in [0.29, 0.717) is 13.0 Å². The molecule has 1 heterocycles. The average Bonchev–Trinajstić information content (AvgIpc) is 2.91. The van der Waals surface area contributed by atoms with Gasteiger partial charge in [0.1, 0.15) is 5.60 Å². The number of alkyl carbamates (subject to hydrolysis) is 1. The summed E-state index contributed by atoms with van der Waals surface area (Å²) in [6.45, 7) is 7.33. The number of benzene rings is 1. The van der Waals surface area contributed by atoms with Crippen molar-refractivity contribution in [2.75, 3.05) is 18.1 Å². The molecule has 1 aliphatic heterocycles. The molecule has 0 spiro atoms. The maximum atomic E-state index is 12.5. The third-order valence-corrected chi connectivity index (χ3v) is 4.06. The second-order valence-electron chi connectivity index (χ2n) is 7.64. The number of hydrogen-bond acceptors (Lipinski definition) is 5. The van der Waals surface area contributed by atoms with E-state index in [1.807, 2.05) is 31.2 Å². The van der Waals surface area contributed by atoms with E-state index < -0.39 is 17.7 Å². The fourth-order valence-electron chi connectivity index (χ4n) is 2.97. The Hall–Kier alpha value is -2.57. The molecule has 0 saturated carbocycles. The number of amides is 2. The first-order valence-electron chi connectivity index (χ1n) is 9.20. The van der Waals surface area contributed by atoms with Crippen LogP contribution in [0.1, 0.15) is 46.1 Å². The molecule has 0 bridgehead atoms. The molecular formula is C20H28N2O5. The Morgan fingerprint density at radius 3 is 2.63 bits per heavy atom. The predicted octanol–water partition coefficient (Wildman–Crippen LogP) is 2.81. The molecule has 1 aliphatic rings. The Bertz CT molecular complexity index is 696. The van der Waals surface area contributed by atoms with Crippen LogP contribution in [-0.4, -0.2) is 42.8 Å². The van der Waals surface area contributed by atoms with Crippen LogP contribution in [0, 0.1) is 0 Å². The van der Waals surface area contributed by atoms with Crippen molar-refractivity contribution in [3.8, 4) is 0 Å². The van der Waals surface area contributed by atoms with Crippen molar-refractivity contribution in [2.45, 2.75) is 58.6 Å². The maximum Gasteiger partial charge on any atom is 0.407 e. The Balaban J connectivity index is 1.69. The molecule has 0 unspecified atom stereocenters. The predicted molar refractivity (Wildman–Crippen MR) is 102 cm³/mol. The monoisotopic (exact) mass is 376 g/mol. The number of para-hydroxylation sites is 1. The molecule has 0 aliphatic carbocycles.